The predicted molar refractivity (Wildman–Crippen MR) is 138 cm³/mol. The van der Waals surface area contributed by atoms with Gasteiger partial charge in [0.15, 0.2) is 5.17 Å². The molecule has 3 rings (SSSR count). The monoisotopic (exact) mass is 487 g/mol. The number of hydrogen-bond acceptors (Lipinski definition) is 5. The Bertz CT molecular complexity index is 1010. The molecule has 1 fully saturated rings. The number of nitrogens with zero attached hydrogens (tertiary/aromatic N) is 2. The Kier molecular flexibility index (Phi) is 9.21. The van der Waals surface area contributed by atoms with E-state index in [1.807, 2.05) is 25.1 Å². The van der Waals surface area contributed by atoms with Crippen molar-refractivity contribution in [3.05, 3.63) is 53.1 Å². The van der Waals surface area contributed by atoms with Crippen molar-refractivity contribution in [1.29, 1.82) is 0 Å². The lowest BCUT2D eigenvalue weighted by Gasteiger charge is -2.16. The average Bonchev–Trinajstić information content (AvgIpc) is 3.08. The van der Waals surface area contributed by atoms with E-state index in [9.17, 15) is 9.59 Å². The molecule has 1 saturated heterocycles. The van der Waals surface area contributed by atoms with E-state index in [2.05, 4.69) is 17.2 Å². The number of aryl methyl sites for hydroxylation is 1. The van der Waals surface area contributed by atoms with E-state index < -0.39 is 5.25 Å². The average molecular weight is 488 g/mol. The molecule has 0 saturated carbocycles. The number of unbranched alkanes of at least 4 members (excludes halogenated alkanes) is 3. The second-order valence-corrected chi connectivity index (χ2v) is 9.50. The van der Waals surface area contributed by atoms with E-state index in [-0.39, 0.29) is 18.2 Å². The van der Waals surface area contributed by atoms with Crippen LogP contribution in [0, 0.1) is 6.92 Å². The van der Waals surface area contributed by atoms with Crippen molar-refractivity contribution in [2.24, 2.45) is 4.99 Å². The number of amidine groups is 1. The first-order chi connectivity index (χ1) is 15.9. The van der Waals surface area contributed by atoms with E-state index in [4.69, 9.17) is 16.3 Å². The number of thioether (sulfide) groups is 1. The normalized spacial score (nSPS) is 16.4. The summed E-state index contributed by atoms with van der Waals surface area (Å²) in [5.41, 5.74) is 2.31. The highest BCUT2D eigenvalue weighted by Crippen LogP contribution is 2.32. The first kappa shape index (κ1) is 25.1. The molecule has 0 aliphatic carbocycles. The summed E-state index contributed by atoms with van der Waals surface area (Å²) in [5, 5.41) is 3.84. The van der Waals surface area contributed by atoms with Crippen LogP contribution in [-0.2, 0) is 9.59 Å². The lowest BCUT2D eigenvalue weighted by atomic mass is 10.2. The van der Waals surface area contributed by atoms with Gasteiger partial charge in [0.2, 0.25) is 11.8 Å². The number of carbonyl (C=O) groups excluding carboxylic acids is 2. The van der Waals surface area contributed by atoms with Gasteiger partial charge in [-0.1, -0.05) is 55.6 Å². The van der Waals surface area contributed by atoms with Crippen LogP contribution in [0.4, 0.5) is 11.4 Å². The molecule has 2 aromatic rings. The van der Waals surface area contributed by atoms with Crippen molar-refractivity contribution in [3.8, 4) is 5.75 Å². The number of nitrogens with one attached hydrogen (secondary N) is 1. The van der Waals surface area contributed by atoms with Gasteiger partial charge >= 0.3 is 0 Å². The van der Waals surface area contributed by atoms with Crippen LogP contribution in [-0.4, -0.2) is 35.9 Å². The number of rotatable bonds is 9. The Morgan fingerprint density at radius 2 is 1.94 bits per heavy atom. The molecule has 2 aromatic carbocycles. The van der Waals surface area contributed by atoms with Crippen molar-refractivity contribution in [2.45, 2.75) is 51.2 Å². The first-order valence-corrected chi connectivity index (χ1v) is 12.4. The third kappa shape index (κ3) is 6.74. The highest BCUT2D eigenvalue weighted by molar-refractivity contribution is 8.15. The fraction of sp³-hybridized carbons (Fsp3) is 0.400. The first-order valence-electron chi connectivity index (χ1n) is 11.2. The van der Waals surface area contributed by atoms with E-state index in [1.54, 1.807) is 31.3 Å². The van der Waals surface area contributed by atoms with Gasteiger partial charge in [-0.15, -0.1) is 0 Å². The number of hydrogen-bond donors (Lipinski definition) is 1. The van der Waals surface area contributed by atoms with Crippen LogP contribution in [0.2, 0.25) is 5.02 Å². The van der Waals surface area contributed by atoms with Gasteiger partial charge in [-0.25, -0.2) is 4.90 Å². The Balaban J connectivity index is 1.59. The van der Waals surface area contributed by atoms with Gasteiger partial charge in [-0.2, -0.15) is 0 Å². The lowest BCUT2D eigenvalue weighted by molar-refractivity contribution is -0.121. The highest BCUT2D eigenvalue weighted by atomic mass is 35.5. The van der Waals surface area contributed by atoms with Crippen molar-refractivity contribution >= 4 is 51.7 Å². The highest BCUT2D eigenvalue weighted by Gasteiger charge is 2.40. The van der Waals surface area contributed by atoms with Crippen LogP contribution in [0.3, 0.4) is 0 Å². The number of imide groups is 1. The van der Waals surface area contributed by atoms with Crippen LogP contribution in [0.15, 0.2) is 47.5 Å². The maximum atomic E-state index is 13.0. The van der Waals surface area contributed by atoms with Crippen LogP contribution in [0.25, 0.3) is 0 Å². The Morgan fingerprint density at radius 3 is 2.61 bits per heavy atom. The predicted octanol–water partition coefficient (Wildman–Crippen LogP) is 6.07. The zero-order valence-corrected chi connectivity index (χ0v) is 20.8. The number of amides is 2. The van der Waals surface area contributed by atoms with Crippen molar-refractivity contribution in [1.82, 2.24) is 0 Å². The molecule has 0 aromatic heterocycles. The Labute approximate surface area is 204 Å². The van der Waals surface area contributed by atoms with Crippen molar-refractivity contribution < 1.29 is 14.3 Å². The zero-order valence-electron chi connectivity index (χ0n) is 19.3. The Morgan fingerprint density at radius 1 is 1.18 bits per heavy atom. The molecule has 1 unspecified atom stereocenters. The van der Waals surface area contributed by atoms with E-state index in [1.165, 1.54) is 29.5 Å². The minimum absolute atomic E-state index is 0.120. The van der Waals surface area contributed by atoms with Crippen LogP contribution in [0.1, 0.15) is 44.6 Å². The quantitative estimate of drug-likeness (QED) is 0.201. The fourth-order valence-corrected chi connectivity index (χ4v) is 4.61. The van der Waals surface area contributed by atoms with Crippen LogP contribution >= 0.6 is 23.4 Å². The van der Waals surface area contributed by atoms with Gasteiger partial charge < -0.3 is 10.1 Å². The number of carbonyl (C=O) groups is 2. The van der Waals surface area contributed by atoms with Gasteiger partial charge in [0.25, 0.3) is 0 Å². The van der Waals surface area contributed by atoms with Gasteiger partial charge in [0, 0.05) is 24.2 Å². The second kappa shape index (κ2) is 12.1. The molecule has 176 valence electrons. The molecule has 1 N–H and O–H groups in total. The summed E-state index contributed by atoms with van der Waals surface area (Å²) in [4.78, 5) is 31.2. The fourth-order valence-electron chi connectivity index (χ4n) is 3.44. The standard InChI is InChI=1S/C25H30ClN3O3S/c1-4-5-6-7-14-32-20-12-10-19(11-13-20)29-23(30)16-22(24(29)31)33-25(27-3)28-18-9-8-17(2)21(26)15-18/h8-13,15,22H,4-7,14,16H2,1-3H3,(H,27,28). The van der Waals surface area contributed by atoms with Gasteiger partial charge in [0.1, 0.15) is 11.0 Å². The van der Waals surface area contributed by atoms with Crippen LogP contribution in [0.5, 0.6) is 5.75 Å². The van der Waals surface area contributed by atoms with E-state index in [0.717, 1.165) is 29.8 Å². The maximum Gasteiger partial charge on any atom is 0.247 e. The largest absolute Gasteiger partial charge is 0.494 e. The van der Waals surface area contributed by atoms with E-state index >= 15 is 0 Å². The summed E-state index contributed by atoms with van der Waals surface area (Å²) in [5.74, 6) is 0.268. The summed E-state index contributed by atoms with van der Waals surface area (Å²) in [6, 6.07) is 12.7. The molecule has 8 heteroatoms. The van der Waals surface area contributed by atoms with Crippen molar-refractivity contribution in [2.75, 3.05) is 23.9 Å². The summed E-state index contributed by atoms with van der Waals surface area (Å²) in [7, 11) is 1.64. The third-order valence-electron chi connectivity index (χ3n) is 5.35. The molecular weight excluding hydrogens is 458 g/mol. The minimum Gasteiger partial charge on any atom is -0.494 e. The third-order valence-corrected chi connectivity index (χ3v) is 6.91. The molecule has 0 radical (unpaired) electrons. The second-order valence-electron chi connectivity index (χ2n) is 7.90. The molecule has 6 nitrogen and oxygen atoms in total. The summed E-state index contributed by atoms with van der Waals surface area (Å²) < 4.78 is 5.76. The Hall–Kier alpha value is -2.51. The van der Waals surface area contributed by atoms with Gasteiger partial charge in [0.05, 0.1) is 12.3 Å². The smallest absolute Gasteiger partial charge is 0.247 e. The molecule has 1 atom stereocenters. The molecule has 1 aliphatic rings. The lowest BCUT2D eigenvalue weighted by Crippen LogP contribution is -2.31. The molecule has 0 bridgehead atoms. The number of ether oxygens (including phenoxy) is 1. The molecule has 1 heterocycles. The molecular formula is C25H30ClN3O3S. The maximum absolute atomic E-state index is 13.0. The molecule has 33 heavy (non-hydrogen) atoms. The molecule has 2 amide bonds. The summed E-state index contributed by atoms with van der Waals surface area (Å²) in [6.07, 6.45) is 4.68. The summed E-state index contributed by atoms with van der Waals surface area (Å²) >= 11 is 7.45. The van der Waals surface area contributed by atoms with Crippen molar-refractivity contribution in [3.63, 3.8) is 0 Å². The van der Waals surface area contributed by atoms with Crippen LogP contribution < -0.4 is 15.0 Å². The topological polar surface area (TPSA) is 71.0 Å². The number of halogens is 1. The van der Waals surface area contributed by atoms with E-state index in [0.29, 0.717) is 22.5 Å². The molecule has 0 spiro atoms. The van der Waals surface area contributed by atoms with Gasteiger partial charge in [-0.3, -0.25) is 14.6 Å². The minimum atomic E-state index is -0.542. The van der Waals surface area contributed by atoms with Gasteiger partial charge in [-0.05, 0) is 55.3 Å². The number of aliphatic imine (C=N–C) groups is 1. The number of anilines is 2. The summed E-state index contributed by atoms with van der Waals surface area (Å²) in [6.45, 7) is 4.77. The molecule has 1 aliphatic heterocycles. The zero-order chi connectivity index (χ0) is 23.8. The number of benzene rings is 2. The SMILES string of the molecule is CCCCCCOc1ccc(N2C(=O)CC(SC(=NC)Nc3ccc(C)c(Cl)c3)C2=O)cc1.